The number of nitrogens with two attached hydrogens (primary N) is 1. The lowest BCUT2D eigenvalue weighted by atomic mass is 10.00. The summed E-state index contributed by atoms with van der Waals surface area (Å²) in [6.07, 6.45) is 0.651. The molecule has 0 radical (unpaired) electrons. The maximum Gasteiger partial charge on any atom is 0.123 e. The molecule has 0 aromatic heterocycles. The highest BCUT2D eigenvalue weighted by Crippen LogP contribution is 2.18. The van der Waals surface area contributed by atoms with Gasteiger partial charge in [-0.3, -0.25) is 0 Å². The van der Waals surface area contributed by atoms with Crippen molar-refractivity contribution in [2.45, 2.75) is 12.5 Å². The molecule has 2 aromatic carbocycles. The lowest BCUT2D eigenvalue weighted by molar-refractivity contribution is 0.622. The summed E-state index contributed by atoms with van der Waals surface area (Å²) in [5.41, 5.74) is 8.13. The Balaban J connectivity index is 2.14. The minimum Gasteiger partial charge on any atom is -0.324 e. The minimum atomic E-state index is -0.211. The van der Waals surface area contributed by atoms with Gasteiger partial charge >= 0.3 is 0 Å². The molecule has 3 heteroatoms. The van der Waals surface area contributed by atoms with Crippen LogP contribution in [0.3, 0.4) is 0 Å². The number of hydrogen-bond acceptors (Lipinski definition) is 1. The van der Waals surface area contributed by atoms with E-state index < -0.39 is 0 Å². The van der Waals surface area contributed by atoms with E-state index in [1.165, 1.54) is 12.1 Å². The Bertz CT molecular complexity index is 513. The molecule has 2 N–H and O–H groups in total. The summed E-state index contributed by atoms with van der Waals surface area (Å²) in [6.45, 7) is 0. The van der Waals surface area contributed by atoms with E-state index in [1.54, 1.807) is 6.07 Å². The van der Waals surface area contributed by atoms with Crippen LogP contribution >= 0.6 is 22.6 Å². The molecular formula is C14H13FIN. The van der Waals surface area contributed by atoms with Gasteiger partial charge in [-0.25, -0.2) is 4.39 Å². The molecule has 1 unspecified atom stereocenters. The first-order valence-electron chi connectivity index (χ1n) is 5.40. The molecule has 17 heavy (non-hydrogen) atoms. The largest absolute Gasteiger partial charge is 0.324 e. The molecule has 0 saturated heterocycles. The smallest absolute Gasteiger partial charge is 0.123 e. The second-order valence-electron chi connectivity index (χ2n) is 4.00. The third-order valence-corrected chi connectivity index (χ3v) is 3.29. The van der Waals surface area contributed by atoms with E-state index in [-0.39, 0.29) is 11.9 Å². The van der Waals surface area contributed by atoms with Crippen molar-refractivity contribution >= 4 is 22.6 Å². The molecule has 0 aliphatic carbocycles. The second-order valence-corrected chi connectivity index (χ2v) is 5.24. The molecule has 2 rings (SSSR count). The van der Waals surface area contributed by atoms with Gasteiger partial charge in [-0.1, -0.05) is 24.3 Å². The van der Waals surface area contributed by atoms with Crippen molar-refractivity contribution < 1.29 is 4.39 Å². The zero-order valence-electron chi connectivity index (χ0n) is 9.24. The van der Waals surface area contributed by atoms with E-state index in [2.05, 4.69) is 28.7 Å². The Morgan fingerprint density at radius 1 is 1.12 bits per heavy atom. The molecule has 0 aliphatic rings. The van der Waals surface area contributed by atoms with Crippen LogP contribution in [0.15, 0.2) is 48.5 Å². The predicted molar refractivity (Wildman–Crippen MR) is 76.2 cm³/mol. The Morgan fingerprint density at radius 3 is 2.59 bits per heavy atom. The molecule has 0 heterocycles. The van der Waals surface area contributed by atoms with Gasteiger partial charge in [0, 0.05) is 9.61 Å². The summed E-state index contributed by atoms with van der Waals surface area (Å²) >= 11 is 2.26. The quantitative estimate of drug-likeness (QED) is 0.847. The summed E-state index contributed by atoms with van der Waals surface area (Å²) in [4.78, 5) is 0. The van der Waals surface area contributed by atoms with Crippen LogP contribution in [0, 0.1) is 9.39 Å². The van der Waals surface area contributed by atoms with Gasteiger partial charge in [0.1, 0.15) is 5.82 Å². The molecule has 1 nitrogen and oxygen atoms in total. The lowest BCUT2D eigenvalue weighted by Gasteiger charge is -2.12. The maximum atomic E-state index is 13.0. The van der Waals surface area contributed by atoms with E-state index in [0.29, 0.717) is 6.42 Å². The van der Waals surface area contributed by atoms with Crippen LogP contribution in [0.25, 0.3) is 0 Å². The minimum absolute atomic E-state index is 0.0912. The molecule has 2 aromatic rings. The second kappa shape index (κ2) is 5.60. The Kier molecular flexibility index (Phi) is 4.12. The Labute approximate surface area is 114 Å². The van der Waals surface area contributed by atoms with Gasteiger partial charge in [0.25, 0.3) is 0 Å². The standard InChI is InChI=1S/C14H13FIN/c15-12-5-1-3-10(7-12)8-14(17)11-4-2-6-13(16)9-11/h1-7,9,14H,8,17H2. The highest BCUT2D eigenvalue weighted by atomic mass is 127. The normalized spacial score (nSPS) is 12.4. The van der Waals surface area contributed by atoms with Crippen LogP contribution < -0.4 is 5.73 Å². The Morgan fingerprint density at radius 2 is 1.88 bits per heavy atom. The van der Waals surface area contributed by atoms with Crippen molar-refractivity contribution in [3.63, 3.8) is 0 Å². The molecule has 88 valence electrons. The summed E-state index contributed by atoms with van der Waals surface area (Å²) in [5, 5.41) is 0. The average molecular weight is 341 g/mol. The summed E-state index contributed by atoms with van der Waals surface area (Å²) in [5.74, 6) is -0.211. The number of hydrogen-bond donors (Lipinski definition) is 1. The van der Waals surface area contributed by atoms with Crippen molar-refractivity contribution in [1.82, 2.24) is 0 Å². The van der Waals surface area contributed by atoms with Gasteiger partial charge in [-0.15, -0.1) is 0 Å². The zero-order chi connectivity index (χ0) is 12.3. The Hall–Kier alpha value is -0.940. The topological polar surface area (TPSA) is 26.0 Å². The fourth-order valence-corrected chi connectivity index (χ4v) is 2.34. The first kappa shape index (κ1) is 12.5. The molecule has 0 saturated carbocycles. The van der Waals surface area contributed by atoms with Crippen LogP contribution in [0.5, 0.6) is 0 Å². The van der Waals surface area contributed by atoms with Crippen LogP contribution in [-0.4, -0.2) is 0 Å². The van der Waals surface area contributed by atoms with Gasteiger partial charge in [-0.2, -0.15) is 0 Å². The highest BCUT2D eigenvalue weighted by molar-refractivity contribution is 14.1. The van der Waals surface area contributed by atoms with Crippen LogP contribution in [-0.2, 0) is 6.42 Å². The van der Waals surface area contributed by atoms with Crippen molar-refractivity contribution in [2.24, 2.45) is 5.73 Å². The molecule has 0 spiro atoms. The van der Waals surface area contributed by atoms with E-state index in [0.717, 1.165) is 14.7 Å². The summed E-state index contributed by atoms with van der Waals surface area (Å²) in [7, 11) is 0. The van der Waals surface area contributed by atoms with E-state index in [9.17, 15) is 4.39 Å². The fraction of sp³-hybridized carbons (Fsp3) is 0.143. The third-order valence-electron chi connectivity index (χ3n) is 2.62. The maximum absolute atomic E-state index is 13.0. The molecule has 0 amide bonds. The van der Waals surface area contributed by atoms with Crippen LogP contribution in [0.2, 0.25) is 0 Å². The van der Waals surface area contributed by atoms with E-state index in [1.807, 2.05) is 24.3 Å². The first-order valence-corrected chi connectivity index (χ1v) is 6.48. The van der Waals surface area contributed by atoms with Crippen LogP contribution in [0.1, 0.15) is 17.2 Å². The van der Waals surface area contributed by atoms with Crippen molar-refractivity contribution in [3.05, 3.63) is 69.0 Å². The van der Waals surface area contributed by atoms with Gasteiger partial charge in [0.05, 0.1) is 0 Å². The molecule has 0 aliphatic heterocycles. The van der Waals surface area contributed by atoms with Crippen molar-refractivity contribution in [1.29, 1.82) is 0 Å². The van der Waals surface area contributed by atoms with Gasteiger partial charge < -0.3 is 5.73 Å². The zero-order valence-corrected chi connectivity index (χ0v) is 11.4. The monoisotopic (exact) mass is 341 g/mol. The highest BCUT2D eigenvalue weighted by Gasteiger charge is 2.07. The molecule has 0 bridgehead atoms. The van der Waals surface area contributed by atoms with E-state index in [4.69, 9.17) is 5.73 Å². The number of halogens is 2. The van der Waals surface area contributed by atoms with Gasteiger partial charge in [-0.05, 0) is 64.4 Å². The third kappa shape index (κ3) is 3.51. The van der Waals surface area contributed by atoms with Crippen molar-refractivity contribution in [3.8, 4) is 0 Å². The lowest BCUT2D eigenvalue weighted by Crippen LogP contribution is -2.13. The summed E-state index contributed by atoms with van der Waals surface area (Å²) < 4.78 is 14.2. The number of benzene rings is 2. The van der Waals surface area contributed by atoms with E-state index >= 15 is 0 Å². The summed E-state index contributed by atoms with van der Waals surface area (Å²) in [6, 6.07) is 14.6. The molecule has 1 atom stereocenters. The number of rotatable bonds is 3. The first-order chi connectivity index (χ1) is 8.15. The van der Waals surface area contributed by atoms with Crippen molar-refractivity contribution in [2.75, 3.05) is 0 Å². The SMILES string of the molecule is NC(Cc1cccc(F)c1)c1cccc(I)c1. The molecule has 0 fully saturated rings. The molecular weight excluding hydrogens is 328 g/mol. The average Bonchev–Trinajstić information content (AvgIpc) is 2.29. The van der Waals surface area contributed by atoms with Crippen LogP contribution in [0.4, 0.5) is 4.39 Å². The fourth-order valence-electron chi connectivity index (χ4n) is 1.77. The van der Waals surface area contributed by atoms with Gasteiger partial charge in [0.15, 0.2) is 0 Å². The van der Waals surface area contributed by atoms with Gasteiger partial charge in [0.2, 0.25) is 0 Å². The predicted octanol–water partition coefficient (Wildman–Crippen LogP) is 3.67.